The topological polar surface area (TPSA) is 41.5 Å². The number of nitrogens with one attached hydrogen (secondary N) is 1. The lowest BCUT2D eigenvalue weighted by molar-refractivity contribution is 0.00568. The van der Waals surface area contributed by atoms with Crippen LogP contribution in [-0.4, -0.2) is 37.0 Å². The average molecular weight is 217 g/mol. The van der Waals surface area contributed by atoms with E-state index in [9.17, 15) is 5.11 Å². The minimum absolute atomic E-state index is 0.187. The Morgan fingerprint density at radius 1 is 1.33 bits per heavy atom. The van der Waals surface area contributed by atoms with Crippen LogP contribution in [0.25, 0.3) is 0 Å². The molecule has 15 heavy (non-hydrogen) atoms. The molecule has 0 heterocycles. The van der Waals surface area contributed by atoms with Crippen molar-refractivity contribution >= 4 is 0 Å². The molecular weight excluding hydrogens is 190 g/mol. The Labute approximate surface area is 94.2 Å². The van der Waals surface area contributed by atoms with Crippen molar-refractivity contribution in [3.63, 3.8) is 0 Å². The minimum atomic E-state index is -0.403. The fourth-order valence-corrected chi connectivity index (χ4v) is 1.06. The third kappa shape index (κ3) is 8.85. The summed E-state index contributed by atoms with van der Waals surface area (Å²) in [4.78, 5) is 0. The second-order valence-electron chi connectivity index (χ2n) is 5.18. The van der Waals surface area contributed by atoms with Crippen LogP contribution in [0.4, 0.5) is 0 Å². The molecule has 0 aliphatic rings. The number of rotatable bonds is 8. The van der Waals surface area contributed by atoms with Gasteiger partial charge in [0.05, 0.1) is 18.8 Å². The molecule has 0 bridgehead atoms. The van der Waals surface area contributed by atoms with Gasteiger partial charge in [-0.2, -0.15) is 0 Å². The fraction of sp³-hybridized carbons (Fsp3) is 1.00. The predicted molar refractivity (Wildman–Crippen MR) is 64.0 cm³/mol. The summed E-state index contributed by atoms with van der Waals surface area (Å²) in [6, 6.07) is 0. The summed E-state index contributed by atoms with van der Waals surface area (Å²) in [7, 11) is 0. The van der Waals surface area contributed by atoms with E-state index in [0.717, 1.165) is 13.0 Å². The van der Waals surface area contributed by atoms with Crippen LogP contribution < -0.4 is 5.32 Å². The molecule has 0 aliphatic heterocycles. The number of ether oxygens (including phenoxy) is 1. The molecule has 0 aliphatic carbocycles. The zero-order valence-corrected chi connectivity index (χ0v) is 10.8. The maximum absolute atomic E-state index is 9.58. The van der Waals surface area contributed by atoms with E-state index < -0.39 is 6.10 Å². The van der Waals surface area contributed by atoms with Crippen molar-refractivity contribution in [3.05, 3.63) is 0 Å². The van der Waals surface area contributed by atoms with Gasteiger partial charge in [0.15, 0.2) is 0 Å². The molecule has 2 N–H and O–H groups in total. The summed E-state index contributed by atoms with van der Waals surface area (Å²) in [6.45, 7) is 12.5. The first-order chi connectivity index (χ1) is 6.87. The lowest BCUT2D eigenvalue weighted by atomic mass is 9.90. The molecule has 3 nitrogen and oxygen atoms in total. The number of hydrogen-bond acceptors (Lipinski definition) is 3. The predicted octanol–water partition coefficient (Wildman–Crippen LogP) is 1.80. The van der Waals surface area contributed by atoms with E-state index in [-0.39, 0.29) is 6.10 Å². The third-order valence-corrected chi connectivity index (χ3v) is 2.56. The Bertz CT molecular complexity index is 158. The summed E-state index contributed by atoms with van der Waals surface area (Å²) < 4.78 is 5.32. The van der Waals surface area contributed by atoms with E-state index in [0.29, 0.717) is 18.6 Å². The fourth-order valence-electron chi connectivity index (χ4n) is 1.06. The molecule has 1 unspecified atom stereocenters. The van der Waals surface area contributed by atoms with Crippen molar-refractivity contribution in [1.29, 1.82) is 0 Å². The molecule has 0 aromatic carbocycles. The number of aliphatic hydroxyl groups is 1. The molecule has 92 valence electrons. The van der Waals surface area contributed by atoms with E-state index in [2.05, 4.69) is 26.1 Å². The Balaban J connectivity index is 3.50. The van der Waals surface area contributed by atoms with Crippen LogP contribution in [-0.2, 0) is 4.74 Å². The number of hydrogen-bond donors (Lipinski definition) is 2. The Morgan fingerprint density at radius 2 is 1.93 bits per heavy atom. The highest BCUT2D eigenvalue weighted by molar-refractivity contribution is 4.70. The van der Waals surface area contributed by atoms with E-state index in [1.807, 2.05) is 13.8 Å². The molecular formula is C12H27NO2. The summed E-state index contributed by atoms with van der Waals surface area (Å²) in [5.74, 6) is 0. The van der Waals surface area contributed by atoms with Crippen molar-refractivity contribution in [3.8, 4) is 0 Å². The molecule has 0 saturated carbocycles. The molecule has 1 atom stereocenters. The second kappa shape index (κ2) is 7.20. The quantitative estimate of drug-likeness (QED) is 0.651. The molecule has 0 aromatic rings. The SMILES string of the molecule is CCC(C)(C)CNCC(O)COC(C)C. The van der Waals surface area contributed by atoms with Gasteiger partial charge in [0.25, 0.3) is 0 Å². The molecule has 0 saturated heterocycles. The summed E-state index contributed by atoms with van der Waals surface area (Å²) in [5, 5.41) is 12.9. The van der Waals surface area contributed by atoms with Crippen LogP contribution >= 0.6 is 0 Å². The highest BCUT2D eigenvalue weighted by Gasteiger charge is 2.15. The molecule has 0 radical (unpaired) electrons. The standard InChI is InChI=1S/C12H27NO2/c1-6-12(4,5)9-13-7-11(14)8-15-10(2)3/h10-11,13-14H,6-9H2,1-5H3. The zero-order chi connectivity index (χ0) is 11.9. The van der Waals surface area contributed by atoms with Gasteiger partial charge in [-0.1, -0.05) is 20.8 Å². The number of aliphatic hydroxyl groups excluding tert-OH is 1. The van der Waals surface area contributed by atoms with Gasteiger partial charge in [-0.05, 0) is 25.7 Å². The van der Waals surface area contributed by atoms with Gasteiger partial charge < -0.3 is 15.2 Å². The van der Waals surface area contributed by atoms with Crippen LogP contribution in [0, 0.1) is 5.41 Å². The van der Waals surface area contributed by atoms with Crippen molar-refractivity contribution in [2.45, 2.75) is 53.2 Å². The lowest BCUT2D eigenvalue weighted by Gasteiger charge is -2.24. The third-order valence-electron chi connectivity index (χ3n) is 2.56. The highest BCUT2D eigenvalue weighted by atomic mass is 16.5. The Kier molecular flexibility index (Phi) is 7.14. The van der Waals surface area contributed by atoms with Crippen molar-refractivity contribution < 1.29 is 9.84 Å². The first-order valence-corrected chi connectivity index (χ1v) is 5.88. The van der Waals surface area contributed by atoms with Gasteiger partial charge in [-0.25, -0.2) is 0 Å². The monoisotopic (exact) mass is 217 g/mol. The van der Waals surface area contributed by atoms with Gasteiger partial charge in [-0.15, -0.1) is 0 Å². The van der Waals surface area contributed by atoms with Crippen LogP contribution in [0.2, 0.25) is 0 Å². The van der Waals surface area contributed by atoms with Gasteiger partial charge >= 0.3 is 0 Å². The summed E-state index contributed by atoms with van der Waals surface area (Å²) >= 11 is 0. The van der Waals surface area contributed by atoms with Crippen LogP contribution in [0.3, 0.4) is 0 Å². The van der Waals surface area contributed by atoms with Crippen LogP contribution in [0.5, 0.6) is 0 Å². The van der Waals surface area contributed by atoms with Gasteiger partial charge in [0.1, 0.15) is 0 Å². The van der Waals surface area contributed by atoms with Gasteiger partial charge in [0.2, 0.25) is 0 Å². The normalized spacial score (nSPS) is 14.6. The molecule has 0 spiro atoms. The maximum atomic E-state index is 9.58. The average Bonchev–Trinajstić information content (AvgIpc) is 2.14. The largest absolute Gasteiger partial charge is 0.389 e. The first-order valence-electron chi connectivity index (χ1n) is 5.88. The van der Waals surface area contributed by atoms with E-state index in [4.69, 9.17) is 4.74 Å². The van der Waals surface area contributed by atoms with Crippen molar-refractivity contribution in [1.82, 2.24) is 5.32 Å². The Hall–Kier alpha value is -0.120. The molecule has 0 fully saturated rings. The van der Waals surface area contributed by atoms with Gasteiger partial charge in [0, 0.05) is 13.1 Å². The maximum Gasteiger partial charge on any atom is 0.0897 e. The minimum Gasteiger partial charge on any atom is -0.389 e. The Morgan fingerprint density at radius 3 is 2.40 bits per heavy atom. The molecule has 0 aromatic heterocycles. The smallest absolute Gasteiger partial charge is 0.0897 e. The molecule has 3 heteroatoms. The summed E-state index contributed by atoms with van der Waals surface area (Å²) in [5.41, 5.74) is 0.304. The van der Waals surface area contributed by atoms with Crippen molar-refractivity contribution in [2.24, 2.45) is 5.41 Å². The van der Waals surface area contributed by atoms with Crippen LogP contribution in [0.1, 0.15) is 41.0 Å². The molecule has 0 rings (SSSR count). The van der Waals surface area contributed by atoms with Crippen LogP contribution in [0.15, 0.2) is 0 Å². The second-order valence-corrected chi connectivity index (χ2v) is 5.18. The molecule has 0 amide bonds. The van der Waals surface area contributed by atoms with E-state index in [1.165, 1.54) is 0 Å². The van der Waals surface area contributed by atoms with Crippen molar-refractivity contribution in [2.75, 3.05) is 19.7 Å². The highest BCUT2D eigenvalue weighted by Crippen LogP contribution is 2.17. The summed E-state index contributed by atoms with van der Waals surface area (Å²) in [6.07, 6.45) is 0.922. The van der Waals surface area contributed by atoms with E-state index in [1.54, 1.807) is 0 Å². The zero-order valence-electron chi connectivity index (χ0n) is 10.8. The lowest BCUT2D eigenvalue weighted by Crippen LogP contribution is -2.36. The van der Waals surface area contributed by atoms with E-state index >= 15 is 0 Å². The first kappa shape index (κ1) is 14.9. The van der Waals surface area contributed by atoms with Gasteiger partial charge in [-0.3, -0.25) is 0 Å².